The van der Waals surface area contributed by atoms with E-state index in [2.05, 4.69) is 72.9 Å². The zero-order chi connectivity index (χ0) is 24.9. The second-order valence-electron chi connectivity index (χ2n) is 10.1. The summed E-state index contributed by atoms with van der Waals surface area (Å²) in [6, 6.07) is 10.6. The van der Waals surface area contributed by atoms with Gasteiger partial charge in [0, 0.05) is 21.7 Å². The van der Waals surface area contributed by atoms with Gasteiger partial charge in [0.2, 0.25) is 0 Å². The van der Waals surface area contributed by atoms with Crippen LogP contribution < -0.4 is 15.1 Å². The van der Waals surface area contributed by atoms with E-state index in [0.29, 0.717) is 17.6 Å². The first-order valence-corrected chi connectivity index (χ1v) is 12.3. The number of fused-ring (bicyclic) bond motifs is 1. The summed E-state index contributed by atoms with van der Waals surface area (Å²) < 4.78 is 0.824. The number of urea groups is 1. The van der Waals surface area contributed by atoms with Crippen LogP contribution in [0.5, 0.6) is 0 Å². The molecule has 1 N–H and O–H groups in total. The van der Waals surface area contributed by atoms with Crippen molar-refractivity contribution >= 4 is 51.2 Å². The maximum Gasteiger partial charge on any atom is 0.335 e. The Balaban J connectivity index is 1.78. The van der Waals surface area contributed by atoms with E-state index in [-0.39, 0.29) is 11.1 Å². The second kappa shape index (κ2) is 8.69. The monoisotopic (exact) mass is 523 g/mol. The molecule has 6 nitrogen and oxygen atoms in total. The van der Waals surface area contributed by atoms with Gasteiger partial charge in [-0.05, 0) is 106 Å². The van der Waals surface area contributed by atoms with E-state index in [9.17, 15) is 14.4 Å². The minimum absolute atomic E-state index is 0.0256. The molecule has 1 atom stereocenters. The molecule has 2 heterocycles. The molecule has 178 valence electrons. The van der Waals surface area contributed by atoms with Crippen LogP contribution in [0.25, 0.3) is 6.08 Å². The van der Waals surface area contributed by atoms with Crippen molar-refractivity contribution in [3.63, 3.8) is 0 Å². The molecule has 1 saturated heterocycles. The van der Waals surface area contributed by atoms with Gasteiger partial charge in [-0.1, -0.05) is 22.9 Å². The minimum Gasteiger partial charge on any atom is -0.364 e. The van der Waals surface area contributed by atoms with Crippen LogP contribution in [-0.4, -0.2) is 29.4 Å². The van der Waals surface area contributed by atoms with Gasteiger partial charge in [-0.15, -0.1) is 0 Å². The molecule has 0 radical (unpaired) electrons. The number of hydrogen-bond acceptors (Lipinski definition) is 4. The lowest BCUT2D eigenvalue weighted by atomic mass is 9.78. The quantitative estimate of drug-likeness (QED) is 0.400. The third kappa shape index (κ3) is 4.17. The van der Waals surface area contributed by atoms with Gasteiger partial charge >= 0.3 is 6.03 Å². The highest BCUT2D eigenvalue weighted by atomic mass is 79.9. The zero-order valence-corrected chi connectivity index (χ0v) is 22.0. The molecule has 0 unspecified atom stereocenters. The van der Waals surface area contributed by atoms with Crippen LogP contribution in [-0.2, 0) is 9.59 Å². The van der Waals surface area contributed by atoms with E-state index >= 15 is 0 Å². The Morgan fingerprint density at radius 2 is 1.76 bits per heavy atom. The van der Waals surface area contributed by atoms with Crippen LogP contribution in [0.4, 0.5) is 16.2 Å². The third-order valence-corrected chi connectivity index (χ3v) is 7.20. The SMILES string of the molecule is Cc1cc2c(cc1/C=C1\C(=O)NC(=O)N(c3ccc(Br)cc3)C1=O)[C@H](C)CC(C)(C)N2C(C)C. The summed E-state index contributed by atoms with van der Waals surface area (Å²) in [5.41, 5.74) is 4.54. The Bertz CT molecular complexity index is 1210. The number of nitrogens with one attached hydrogen (secondary N) is 1. The Morgan fingerprint density at radius 1 is 1.12 bits per heavy atom. The molecule has 7 heteroatoms. The number of nitrogens with zero attached hydrogens (tertiary/aromatic N) is 2. The third-order valence-electron chi connectivity index (χ3n) is 6.67. The number of hydrogen-bond donors (Lipinski definition) is 1. The van der Waals surface area contributed by atoms with Gasteiger partial charge in [0.1, 0.15) is 5.57 Å². The molecule has 0 aliphatic carbocycles. The molecule has 34 heavy (non-hydrogen) atoms. The van der Waals surface area contributed by atoms with Gasteiger partial charge in [0.05, 0.1) is 5.69 Å². The van der Waals surface area contributed by atoms with E-state index in [4.69, 9.17) is 0 Å². The van der Waals surface area contributed by atoms with E-state index in [1.165, 1.54) is 11.3 Å². The highest BCUT2D eigenvalue weighted by molar-refractivity contribution is 9.10. The molecule has 2 aromatic carbocycles. The van der Waals surface area contributed by atoms with Crippen molar-refractivity contribution in [2.45, 2.75) is 65.5 Å². The molecule has 2 aromatic rings. The standard InChI is InChI=1S/C27H30BrN3O3/c1-15(2)31-23-11-16(3)18(12-21(23)17(4)14-27(31,5)6)13-22-24(32)29-26(34)30(25(22)33)20-9-7-19(28)8-10-20/h7-13,15,17H,14H2,1-6H3,(H,29,32,34)/b22-13+/t17-/m1/s1. The number of carbonyl (C=O) groups is 3. The van der Waals surface area contributed by atoms with Crippen molar-refractivity contribution in [1.29, 1.82) is 0 Å². The molecule has 0 spiro atoms. The average Bonchev–Trinajstić information content (AvgIpc) is 2.72. The fourth-order valence-electron chi connectivity index (χ4n) is 5.38. The van der Waals surface area contributed by atoms with Gasteiger partial charge in [-0.25, -0.2) is 9.69 Å². The van der Waals surface area contributed by atoms with Crippen LogP contribution in [0.1, 0.15) is 63.6 Å². The molecule has 0 saturated carbocycles. The molecule has 0 aromatic heterocycles. The highest BCUT2D eigenvalue weighted by Crippen LogP contribution is 2.45. The predicted octanol–water partition coefficient (Wildman–Crippen LogP) is 5.92. The number of imide groups is 2. The summed E-state index contributed by atoms with van der Waals surface area (Å²) in [5, 5.41) is 2.31. The highest BCUT2D eigenvalue weighted by Gasteiger charge is 2.39. The lowest BCUT2D eigenvalue weighted by molar-refractivity contribution is -0.122. The summed E-state index contributed by atoms with van der Waals surface area (Å²) in [6.07, 6.45) is 2.61. The molecule has 2 aliphatic heterocycles. The van der Waals surface area contributed by atoms with Gasteiger partial charge in [0.25, 0.3) is 11.8 Å². The first-order valence-electron chi connectivity index (χ1n) is 11.5. The van der Waals surface area contributed by atoms with Gasteiger partial charge < -0.3 is 4.90 Å². The normalized spacial score (nSPS) is 21.2. The summed E-state index contributed by atoms with van der Waals surface area (Å²) in [7, 11) is 0. The number of rotatable bonds is 3. The lowest BCUT2D eigenvalue weighted by Crippen LogP contribution is -2.54. The number of carbonyl (C=O) groups excluding carboxylic acids is 3. The number of halogens is 1. The number of aryl methyl sites for hydroxylation is 1. The van der Waals surface area contributed by atoms with Crippen molar-refractivity contribution in [1.82, 2.24) is 5.32 Å². The molecular weight excluding hydrogens is 494 g/mol. The van der Waals surface area contributed by atoms with Crippen LogP contribution in [0.3, 0.4) is 0 Å². The number of amides is 4. The van der Waals surface area contributed by atoms with Crippen LogP contribution in [0.2, 0.25) is 0 Å². The Morgan fingerprint density at radius 3 is 2.38 bits per heavy atom. The topological polar surface area (TPSA) is 69.7 Å². The first-order chi connectivity index (χ1) is 15.9. The van der Waals surface area contributed by atoms with Crippen molar-refractivity contribution in [3.05, 3.63) is 63.1 Å². The molecule has 0 bridgehead atoms. The summed E-state index contributed by atoms with van der Waals surface area (Å²) in [5.74, 6) is -0.987. The Labute approximate surface area is 209 Å². The van der Waals surface area contributed by atoms with Crippen molar-refractivity contribution in [2.24, 2.45) is 0 Å². The van der Waals surface area contributed by atoms with Gasteiger partial charge in [0.15, 0.2) is 0 Å². The summed E-state index contributed by atoms with van der Waals surface area (Å²) in [4.78, 5) is 41.9. The Kier molecular flexibility index (Phi) is 6.19. The van der Waals surface area contributed by atoms with Crippen molar-refractivity contribution < 1.29 is 14.4 Å². The van der Waals surface area contributed by atoms with Crippen molar-refractivity contribution in [2.75, 3.05) is 9.80 Å². The fourth-order valence-corrected chi connectivity index (χ4v) is 5.65. The molecular formula is C27H30BrN3O3. The molecule has 1 fully saturated rings. The Hall–Kier alpha value is -2.93. The average molecular weight is 524 g/mol. The maximum atomic E-state index is 13.3. The predicted molar refractivity (Wildman–Crippen MR) is 139 cm³/mol. The van der Waals surface area contributed by atoms with E-state index < -0.39 is 17.8 Å². The second-order valence-corrected chi connectivity index (χ2v) is 11.0. The summed E-state index contributed by atoms with van der Waals surface area (Å²) in [6.45, 7) is 13.2. The van der Waals surface area contributed by atoms with Gasteiger partial charge in [-0.2, -0.15) is 0 Å². The van der Waals surface area contributed by atoms with E-state index in [1.807, 2.05) is 6.92 Å². The van der Waals surface area contributed by atoms with Gasteiger partial charge in [-0.3, -0.25) is 14.9 Å². The lowest BCUT2D eigenvalue weighted by Gasteiger charge is -2.50. The molecule has 4 amide bonds. The molecule has 4 rings (SSSR count). The van der Waals surface area contributed by atoms with E-state index in [0.717, 1.165) is 26.9 Å². The zero-order valence-electron chi connectivity index (χ0n) is 20.4. The van der Waals surface area contributed by atoms with Crippen LogP contribution in [0.15, 0.2) is 46.4 Å². The largest absolute Gasteiger partial charge is 0.364 e. The van der Waals surface area contributed by atoms with Crippen LogP contribution >= 0.6 is 15.9 Å². The maximum absolute atomic E-state index is 13.3. The minimum atomic E-state index is -0.750. The first kappa shape index (κ1) is 24.2. The summed E-state index contributed by atoms with van der Waals surface area (Å²) >= 11 is 3.36. The number of benzene rings is 2. The molecule has 2 aliphatic rings. The number of anilines is 2. The van der Waals surface area contributed by atoms with Crippen LogP contribution in [0, 0.1) is 6.92 Å². The smallest absolute Gasteiger partial charge is 0.335 e. The van der Waals surface area contributed by atoms with E-state index in [1.54, 1.807) is 30.3 Å². The van der Waals surface area contributed by atoms with Crippen molar-refractivity contribution in [3.8, 4) is 0 Å². The fraction of sp³-hybridized carbons (Fsp3) is 0.370. The number of barbiturate groups is 1.